The van der Waals surface area contributed by atoms with Gasteiger partial charge in [-0.1, -0.05) is 0 Å². The van der Waals surface area contributed by atoms with Crippen molar-refractivity contribution in [1.29, 1.82) is 0 Å². The summed E-state index contributed by atoms with van der Waals surface area (Å²) in [6.45, 7) is 0.349. The summed E-state index contributed by atoms with van der Waals surface area (Å²) in [6.07, 6.45) is 0.238. The minimum absolute atomic E-state index is 0.0515. The second-order valence-electron chi connectivity index (χ2n) is 6.02. The molecule has 0 atom stereocenters. The topological polar surface area (TPSA) is 93.7 Å². The fraction of sp³-hybridized carbons (Fsp3) is 0.278. The molecule has 0 unspecified atom stereocenters. The van der Waals surface area contributed by atoms with Gasteiger partial charge < -0.3 is 14.8 Å². The lowest BCUT2D eigenvalue weighted by Crippen LogP contribution is -2.27. The molecule has 2 aromatic carbocycles. The number of ether oxygens (including phenoxy) is 2. The quantitative estimate of drug-likeness (QED) is 0.754. The summed E-state index contributed by atoms with van der Waals surface area (Å²) in [7, 11) is -2.60. The van der Waals surface area contributed by atoms with Crippen LogP contribution >= 0.6 is 0 Å². The molecule has 0 bridgehead atoms. The van der Waals surface area contributed by atoms with Gasteiger partial charge in [0.15, 0.2) is 6.79 Å². The number of sulfonamides is 1. The lowest BCUT2D eigenvalue weighted by Gasteiger charge is -2.21. The number of amides is 1. The average Bonchev–Trinajstić information content (AvgIpc) is 2.67. The van der Waals surface area contributed by atoms with Crippen molar-refractivity contribution in [3.63, 3.8) is 0 Å². The van der Waals surface area contributed by atoms with Crippen LogP contribution < -0.4 is 14.8 Å². The predicted molar refractivity (Wildman–Crippen MR) is 95.4 cm³/mol. The molecule has 0 saturated carbocycles. The maximum atomic E-state index is 14.0. The van der Waals surface area contributed by atoms with Gasteiger partial charge in [0.05, 0.1) is 17.1 Å². The normalized spacial score (nSPS) is 13.5. The smallest absolute Gasteiger partial charge is 0.254 e. The number of benzene rings is 2. The molecule has 0 saturated heterocycles. The molecule has 2 aromatic rings. The summed E-state index contributed by atoms with van der Waals surface area (Å²) in [6, 6.07) is 5.56. The summed E-state index contributed by atoms with van der Waals surface area (Å²) in [5, 5.41) is 2.51. The Hall–Kier alpha value is -2.56. The fourth-order valence-electron chi connectivity index (χ4n) is 2.81. The number of hydrogen-bond acceptors (Lipinski definition) is 5. The Labute approximate surface area is 160 Å². The number of nitrogens with one attached hydrogen (secondary N) is 2. The maximum absolute atomic E-state index is 14.0. The van der Waals surface area contributed by atoms with Gasteiger partial charge in [0.1, 0.15) is 17.4 Å². The first-order valence-electron chi connectivity index (χ1n) is 8.35. The molecule has 0 radical (unpaired) electrons. The number of carbonyl (C=O) groups is 1. The van der Waals surface area contributed by atoms with Gasteiger partial charge in [0, 0.05) is 12.1 Å². The summed E-state index contributed by atoms with van der Waals surface area (Å²) >= 11 is 0. The Balaban J connectivity index is 1.72. The van der Waals surface area contributed by atoms with Crippen molar-refractivity contribution in [1.82, 2.24) is 10.0 Å². The van der Waals surface area contributed by atoms with Crippen LogP contribution in [0.25, 0.3) is 0 Å². The molecule has 2 N–H and O–H groups in total. The Morgan fingerprint density at radius 3 is 2.75 bits per heavy atom. The van der Waals surface area contributed by atoms with Crippen LogP contribution in [0.2, 0.25) is 0 Å². The van der Waals surface area contributed by atoms with Crippen molar-refractivity contribution in [2.45, 2.75) is 17.9 Å². The van der Waals surface area contributed by atoms with Crippen molar-refractivity contribution in [3.05, 3.63) is 58.7 Å². The van der Waals surface area contributed by atoms with E-state index >= 15 is 0 Å². The van der Waals surface area contributed by atoms with E-state index in [1.807, 2.05) is 0 Å². The Morgan fingerprint density at radius 1 is 1.21 bits per heavy atom. The number of carbonyl (C=O) groups excluding carboxylic acids is 1. The predicted octanol–water partition coefficient (Wildman–Crippen LogP) is 1.71. The van der Waals surface area contributed by atoms with Gasteiger partial charge in [-0.25, -0.2) is 21.9 Å². The van der Waals surface area contributed by atoms with Crippen LogP contribution in [0.4, 0.5) is 8.78 Å². The summed E-state index contributed by atoms with van der Waals surface area (Å²) in [5.74, 6) is -1.57. The van der Waals surface area contributed by atoms with Gasteiger partial charge >= 0.3 is 0 Å². The minimum atomic E-state index is -3.82. The zero-order chi connectivity index (χ0) is 20.3. The Kier molecular flexibility index (Phi) is 5.92. The van der Waals surface area contributed by atoms with Crippen LogP contribution in [0.1, 0.15) is 21.5 Å². The highest BCUT2D eigenvalue weighted by Gasteiger charge is 2.19. The fourth-order valence-corrected chi connectivity index (χ4v) is 3.57. The van der Waals surface area contributed by atoms with E-state index in [0.717, 1.165) is 18.2 Å². The van der Waals surface area contributed by atoms with Gasteiger partial charge in [-0.2, -0.15) is 0 Å². The van der Waals surface area contributed by atoms with Crippen LogP contribution in [-0.4, -0.2) is 34.7 Å². The summed E-state index contributed by atoms with van der Waals surface area (Å²) in [4.78, 5) is 12.1. The van der Waals surface area contributed by atoms with E-state index in [0.29, 0.717) is 16.9 Å². The third-order valence-electron chi connectivity index (χ3n) is 4.19. The van der Waals surface area contributed by atoms with E-state index in [9.17, 15) is 22.0 Å². The van der Waals surface area contributed by atoms with E-state index in [-0.39, 0.29) is 31.3 Å². The molecule has 0 aromatic heterocycles. The van der Waals surface area contributed by atoms with Crippen molar-refractivity contribution >= 4 is 15.9 Å². The second kappa shape index (κ2) is 8.21. The van der Waals surface area contributed by atoms with E-state index in [1.165, 1.54) is 19.2 Å². The van der Waals surface area contributed by atoms with Gasteiger partial charge in [-0.05, 0) is 49.4 Å². The van der Waals surface area contributed by atoms with Gasteiger partial charge in [-0.15, -0.1) is 0 Å². The Morgan fingerprint density at radius 2 is 2.00 bits per heavy atom. The largest absolute Gasteiger partial charge is 0.467 e. The second-order valence-corrected chi connectivity index (χ2v) is 7.91. The van der Waals surface area contributed by atoms with E-state index in [1.54, 1.807) is 0 Å². The average molecular weight is 412 g/mol. The van der Waals surface area contributed by atoms with Crippen LogP contribution in [0.15, 0.2) is 35.2 Å². The lowest BCUT2D eigenvalue weighted by molar-refractivity contribution is -0.0172. The summed E-state index contributed by atoms with van der Waals surface area (Å²) < 4.78 is 64.0. The number of rotatable bonds is 6. The number of hydrogen-bond donors (Lipinski definition) is 2. The first kappa shape index (κ1) is 20.2. The minimum Gasteiger partial charge on any atom is -0.467 e. The molecule has 150 valence electrons. The molecule has 1 heterocycles. The highest BCUT2D eigenvalue weighted by Crippen LogP contribution is 2.29. The first-order valence-corrected chi connectivity index (χ1v) is 9.83. The van der Waals surface area contributed by atoms with Gasteiger partial charge in [0.25, 0.3) is 5.91 Å². The number of fused-ring (bicyclic) bond motifs is 1. The lowest BCUT2D eigenvalue weighted by atomic mass is 10.1. The molecule has 1 aliphatic heterocycles. The molecule has 0 fully saturated rings. The molecule has 1 amide bonds. The highest BCUT2D eigenvalue weighted by atomic mass is 32.2. The first-order chi connectivity index (χ1) is 13.3. The van der Waals surface area contributed by atoms with Crippen LogP contribution in [-0.2, 0) is 27.8 Å². The molecule has 28 heavy (non-hydrogen) atoms. The highest BCUT2D eigenvalue weighted by molar-refractivity contribution is 7.89. The van der Waals surface area contributed by atoms with E-state index in [4.69, 9.17) is 9.47 Å². The van der Waals surface area contributed by atoms with Gasteiger partial charge in [-0.3, -0.25) is 4.79 Å². The molecule has 7 nitrogen and oxygen atoms in total. The summed E-state index contributed by atoms with van der Waals surface area (Å²) in [5.41, 5.74) is 0.719. The van der Waals surface area contributed by atoms with Crippen LogP contribution in [0.5, 0.6) is 5.75 Å². The third-order valence-corrected chi connectivity index (χ3v) is 5.61. The zero-order valence-electron chi connectivity index (χ0n) is 14.9. The van der Waals surface area contributed by atoms with E-state index < -0.39 is 33.1 Å². The van der Waals surface area contributed by atoms with E-state index in [2.05, 4.69) is 10.0 Å². The van der Waals surface area contributed by atoms with Crippen LogP contribution in [0.3, 0.4) is 0 Å². The van der Waals surface area contributed by atoms with Crippen molar-refractivity contribution in [2.75, 3.05) is 20.4 Å². The third kappa shape index (κ3) is 4.29. The molecule has 3 rings (SSSR count). The molecule has 0 aliphatic carbocycles. The standard InChI is InChI=1S/C18H18F2N2O5S/c1-21-28(24,25)14-2-3-16(20)15(8-14)18(23)22-5-4-11-6-13(19)7-12-9-26-10-27-17(11)12/h2-3,6-8,21H,4-5,9-10H2,1H3,(H,22,23). The van der Waals surface area contributed by atoms with Crippen molar-refractivity contribution in [3.8, 4) is 5.75 Å². The monoisotopic (exact) mass is 412 g/mol. The maximum Gasteiger partial charge on any atom is 0.254 e. The van der Waals surface area contributed by atoms with Crippen molar-refractivity contribution in [2.24, 2.45) is 0 Å². The SMILES string of the molecule is CNS(=O)(=O)c1ccc(F)c(C(=O)NCCc2cc(F)cc3c2OCOC3)c1. The molecular weight excluding hydrogens is 394 g/mol. The number of halogens is 2. The van der Waals surface area contributed by atoms with Crippen molar-refractivity contribution < 1.29 is 31.5 Å². The van der Waals surface area contributed by atoms with Gasteiger partial charge in [0.2, 0.25) is 10.0 Å². The molecular formula is C18H18F2N2O5S. The molecule has 0 spiro atoms. The van der Waals surface area contributed by atoms with Crippen LogP contribution in [0, 0.1) is 11.6 Å². The molecule has 10 heteroatoms. The Bertz CT molecular complexity index is 1010. The molecule has 1 aliphatic rings. The zero-order valence-corrected chi connectivity index (χ0v) is 15.7.